The van der Waals surface area contributed by atoms with Crippen molar-refractivity contribution in [3.05, 3.63) is 35.9 Å². The van der Waals surface area contributed by atoms with Crippen LogP contribution in [0, 0.1) is 0 Å². The Morgan fingerprint density at radius 2 is 2.06 bits per heavy atom. The Kier molecular flexibility index (Phi) is 5.69. The van der Waals surface area contributed by atoms with E-state index >= 15 is 0 Å². The lowest BCUT2D eigenvalue weighted by molar-refractivity contribution is 0.0784. The maximum Gasteiger partial charge on any atom is 0.0577 e. The predicted molar refractivity (Wildman–Crippen MR) is 73.6 cm³/mol. The highest BCUT2D eigenvalue weighted by molar-refractivity contribution is 5.14. The molecule has 1 aliphatic heterocycles. The molecule has 0 aromatic heterocycles. The summed E-state index contributed by atoms with van der Waals surface area (Å²) in [6.07, 6.45) is 7.57. The molecule has 2 atom stereocenters. The number of benzene rings is 1. The molecule has 2 unspecified atom stereocenters. The molecule has 0 aliphatic carbocycles. The fraction of sp³-hybridized carbons (Fsp3) is 0.625. The van der Waals surface area contributed by atoms with E-state index in [1.165, 1.54) is 18.4 Å². The third-order valence-electron chi connectivity index (χ3n) is 3.69. The minimum atomic E-state index is -0.155. The van der Waals surface area contributed by atoms with Gasteiger partial charge in [0.2, 0.25) is 0 Å². The van der Waals surface area contributed by atoms with Crippen LogP contribution in [-0.2, 0) is 11.2 Å². The molecule has 0 amide bonds. The van der Waals surface area contributed by atoms with Crippen molar-refractivity contribution in [3.8, 4) is 0 Å². The molecule has 2 nitrogen and oxygen atoms in total. The van der Waals surface area contributed by atoms with Crippen LogP contribution in [0.1, 0.15) is 44.1 Å². The molecule has 1 fully saturated rings. The molecular weight excluding hydrogens is 224 g/mol. The van der Waals surface area contributed by atoms with Gasteiger partial charge < -0.3 is 9.84 Å². The first kappa shape index (κ1) is 13.6. The van der Waals surface area contributed by atoms with Crippen LogP contribution in [0.15, 0.2) is 30.3 Å². The van der Waals surface area contributed by atoms with Crippen molar-refractivity contribution in [2.45, 2.75) is 57.2 Å². The van der Waals surface area contributed by atoms with E-state index < -0.39 is 0 Å². The van der Waals surface area contributed by atoms with Crippen molar-refractivity contribution in [2.75, 3.05) is 6.61 Å². The molecule has 2 rings (SSSR count). The number of hydrogen-bond acceptors (Lipinski definition) is 2. The second-order valence-corrected chi connectivity index (χ2v) is 5.24. The number of aryl methyl sites for hydroxylation is 1. The zero-order chi connectivity index (χ0) is 12.6. The molecular formula is C16H24O2. The Hall–Kier alpha value is -0.860. The van der Waals surface area contributed by atoms with Crippen LogP contribution < -0.4 is 0 Å². The molecule has 1 heterocycles. The maximum atomic E-state index is 9.93. The number of rotatable bonds is 7. The van der Waals surface area contributed by atoms with Gasteiger partial charge in [-0.15, -0.1) is 0 Å². The standard InChI is InChI=1S/C16H24O2/c17-15(11-12-16-10-5-13-18-16)9-4-8-14-6-2-1-3-7-14/h1-3,6-7,15-17H,4-5,8-13H2. The van der Waals surface area contributed by atoms with Gasteiger partial charge in [-0.3, -0.25) is 0 Å². The van der Waals surface area contributed by atoms with Gasteiger partial charge in [-0.1, -0.05) is 30.3 Å². The highest BCUT2D eigenvalue weighted by atomic mass is 16.5. The normalized spacial score (nSPS) is 21.1. The van der Waals surface area contributed by atoms with Gasteiger partial charge in [0, 0.05) is 6.61 Å². The zero-order valence-electron chi connectivity index (χ0n) is 11.1. The lowest BCUT2D eigenvalue weighted by Crippen LogP contribution is -2.12. The Morgan fingerprint density at radius 1 is 1.22 bits per heavy atom. The molecule has 100 valence electrons. The Bertz CT molecular complexity index is 317. The van der Waals surface area contributed by atoms with Crippen molar-refractivity contribution in [2.24, 2.45) is 0 Å². The topological polar surface area (TPSA) is 29.5 Å². The van der Waals surface area contributed by atoms with Gasteiger partial charge in [0.05, 0.1) is 12.2 Å². The van der Waals surface area contributed by atoms with Crippen LogP contribution in [0.5, 0.6) is 0 Å². The first-order valence-corrected chi connectivity index (χ1v) is 7.18. The van der Waals surface area contributed by atoms with Crippen LogP contribution in [0.2, 0.25) is 0 Å². The molecule has 1 N–H and O–H groups in total. The first-order valence-electron chi connectivity index (χ1n) is 7.18. The van der Waals surface area contributed by atoms with E-state index in [0.717, 1.165) is 38.7 Å². The summed E-state index contributed by atoms with van der Waals surface area (Å²) in [6.45, 7) is 0.911. The van der Waals surface area contributed by atoms with Crippen LogP contribution in [0.4, 0.5) is 0 Å². The van der Waals surface area contributed by atoms with Gasteiger partial charge >= 0.3 is 0 Å². The predicted octanol–water partition coefficient (Wildman–Crippen LogP) is 3.33. The SMILES string of the molecule is OC(CCCc1ccccc1)CCC1CCCO1. The molecule has 1 saturated heterocycles. The summed E-state index contributed by atoms with van der Waals surface area (Å²) in [5, 5.41) is 9.93. The fourth-order valence-corrected chi connectivity index (χ4v) is 2.58. The minimum Gasteiger partial charge on any atom is -0.393 e. The van der Waals surface area contributed by atoms with Crippen LogP contribution >= 0.6 is 0 Å². The maximum absolute atomic E-state index is 9.93. The lowest BCUT2D eigenvalue weighted by Gasteiger charge is -2.13. The summed E-state index contributed by atoms with van der Waals surface area (Å²) < 4.78 is 5.57. The van der Waals surface area contributed by atoms with Gasteiger partial charge in [0.25, 0.3) is 0 Å². The summed E-state index contributed by atoms with van der Waals surface area (Å²) in [6, 6.07) is 10.5. The highest BCUT2D eigenvalue weighted by Crippen LogP contribution is 2.19. The molecule has 0 spiro atoms. The first-order chi connectivity index (χ1) is 8.84. The lowest BCUT2D eigenvalue weighted by atomic mass is 10.0. The summed E-state index contributed by atoms with van der Waals surface area (Å²) in [5.41, 5.74) is 1.36. The van der Waals surface area contributed by atoms with E-state index in [0.29, 0.717) is 6.10 Å². The highest BCUT2D eigenvalue weighted by Gasteiger charge is 2.16. The summed E-state index contributed by atoms with van der Waals surface area (Å²) >= 11 is 0. The van der Waals surface area contributed by atoms with Crippen molar-refractivity contribution in [1.29, 1.82) is 0 Å². The van der Waals surface area contributed by atoms with Crippen molar-refractivity contribution < 1.29 is 9.84 Å². The van der Waals surface area contributed by atoms with E-state index in [1.54, 1.807) is 0 Å². The molecule has 0 bridgehead atoms. The minimum absolute atomic E-state index is 0.155. The third-order valence-corrected chi connectivity index (χ3v) is 3.69. The molecule has 1 aliphatic rings. The average molecular weight is 248 g/mol. The fourth-order valence-electron chi connectivity index (χ4n) is 2.58. The largest absolute Gasteiger partial charge is 0.393 e. The van der Waals surface area contributed by atoms with Gasteiger partial charge in [-0.25, -0.2) is 0 Å². The molecule has 1 aromatic carbocycles. The molecule has 18 heavy (non-hydrogen) atoms. The third kappa shape index (κ3) is 4.79. The number of ether oxygens (including phenoxy) is 1. The van der Waals surface area contributed by atoms with Gasteiger partial charge in [0.15, 0.2) is 0 Å². The van der Waals surface area contributed by atoms with Gasteiger partial charge in [-0.2, -0.15) is 0 Å². The van der Waals surface area contributed by atoms with E-state index in [4.69, 9.17) is 4.74 Å². The van der Waals surface area contributed by atoms with Gasteiger partial charge in [-0.05, 0) is 50.5 Å². The van der Waals surface area contributed by atoms with Crippen LogP contribution in [0.25, 0.3) is 0 Å². The molecule has 0 radical (unpaired) electrons. The average Bonchev–Trinajstić information content (AvgIpc) is 2.91. The smallest absolute Gasteiger partial charge is 0.0577 e. The van der Waals surface area contributed by atoms with E-state index in [9.17, 15) is 5.11 Å². The quantitative estimate of drug-likeness (QED) is 0.802. The van der Waals surface area contributed by atoms with Crippen molar-refractivity contribution in [1.82, 2.24) is 0 Å². The summed E-state index contributed by atoms with van der Waals surface area (Å²) in [7, 11) is 0. The Labute approximate surface area is 110 Å². The second kappa shape index (κ2) is 7.55. The Balaban J connectivity index is 1.55. The zero-order valence-corrected chi connectivity index (χ0v) is 11.1. The summed E-state index contributed by atoms with van der Waals surface area (Å²) in [5.74, 6) is 0. The molecule has 0 saturated carbocycles. The second-order valence-electron chi connectivity index (χ2n) is 5.24. The van der Waals surface area contributed by atoms with Crippen molar-refractivity contribution in [3.63, 3.8) is 0 Å². The van der Waals surface area contributed by atoms with E-state index in [2.05, 4.69) is 24.3 Å². The number of aliphatic hydroxyl groups is 1. The van der Waals surface area contributed by atoms with Gasteiger partial charge in [0.1, 0.15) is 0 Å². The van der Waals surface area contributed by atoms with E-state index in [-0.39, 0.29) is 6.10 Å². The van der Waals surface area contributed by atoms with Crippen LogP contribution in [0.3, 0.4) is 0 Å². The van der Waals surface area contributed by atoms with Crippen LogP contribution in [-0.4, -0.2) is 23.9 Å². The molecule has 1 aromatic rings. The monoisotopic (exact) mass is 248 g/mol. The Morgan fingerprint density at radius 3 is 2.78 bits per heavy atom. The number of hydrogen-bond donors (Lipinski definition) is 1. The summed E-state index contributed by atoms with van der Waals surface area (Å²) in [4.78, 5) is 0. The van der Waals surface area contributed by atoms with Crippen molar-refractivity contribution >= 4 is 0 Å². The van der Waals surface area contributed by atoms with E-state index in [1.807, 2.05) is 6.07 Å². The molecule has 2 heteroatoms. The number of aliphatic hydroxyl groups excluding tert-OH is 1.